The molecule has 2 heterocycles. The maximum atomic E-state index is 12.4. The van der Waals surface area contributed by atoms with Gasteiger partial charge in [-0.2, -0.15) is 0 Å². The summed E-state index contributed by atoms with van der Waals surface area (Å²) < 4.78 is 0. The van der Waals surface area contributed by atoms with E-state index in [0.29, 0.717) is 12.0 Å². The van der Waals surface area contributed by atoms with Gasteiger partial charge in [0, 0.05) is 35.1 Å². The number of hydrogen-bond donors (Lipinski definition) is 3. The molecule has 0 aliphatic carbocycles. The molecule has 3 N–H and O–H groups in total. The van der Waals surface area contributed by atoms with E-state index in [2.05, 4.69) is 16.4 Å². The predicted octanol–water partition coefficient (Wildman–Crippen LogP) is 3.20. The lowest BCUT2D eigenvalue weighted by Gasteiger charge is -2.06. The highest BCUT2D eigenvalue weighted by Crippen LogP contribution is 2.36. The van der Waals surface area contributed by atoms with Gasteiger partial charge in [0.1, 0.15) is 0 Å². The molecule has 0 atom stereocenters. The smallest absolute Gasteiger partial charge is 0.256 e. The first-order valence-electron chi connectivity index (χ1n) is 7.59. The van der Waals surface area contributed by atoms with Gasteiger partial charge >= 0.3 is 0 Å². The molecular weight excluding hydrogens is 288 g/mol. The van der Waals surface area contributed by atoms with Gasteiger partial charge in [-0.15, -0.1) is 0 Å². The van der Waals surface area contributed by atoms with Crippen molar-refractivity contribution in [2.24, 2.45) is 0 Å². The summed E-state index contributed by atoms with van der Waals surface area (Å²) in [6.07, 6.45) is 4.35. The van der Waals surface area contributed by atoms with Gasteiger partial charge in [-0.1, -0.05) is 18.2 Å². The fraction of sp³-hybridized carbons (Fsp3) is 0.105. The molecule has 4 rings (SSSR count). The van der Waals surface area contributed by atoms with Crippen LogP contribution in [0.2, 0.25) is 0 Å². The number of H-pyrrole nitrogens is 1. The van der Waals surface area contributed by atoms with Crippen molar-refractivity contribution in [3.8, 4) is 0 Å². The first kappa shape index (κ1) is 13.8. The molecule has 0 radical (unpaired) electrons. The molecule has 114 valence electrons. The minimum absolute atomic E-state index is 0.0627. The van der Waals surface area contributed by atoms with Crippen LogP contribution in [-0.4, -0.2) is 22.6 Å². The van der Waals surface area contributed by atoms with Crippen molar-refractivity contribution in [2.75, 3.05) is 11.9 Å². The molecule has 0 saturated heterocycles. The molecule has 0 fully saturated rings. The van der Waals surface area contributed by atoms with Crippen LogP contribution in [0.4, 0.5) is 5.69 Å². The Balaban J connectivity index is 1.84. The second-order valence-electron chi connectivity index (χ2n) is 5.65. The van der Waals surface area contributed by atoms with Crippen LogP contribution in [0.5, 0.6) is 0 Å². The normalized spacial score (nSPS) is 15.2. The van der Waals surface area contributed by atoms with Crippen molar-refractivity contribution in [1.82, 2.24) is 4.98 Å². The maximum absolute atomic E-state index is 12.4. The summed E-state index contributed by atoms with van der Waals surface area (Å²) in [5.74, 6) is -0.0976. The third kappa shape index (κ3) is 2.33. The zero-order valence-electron chi connectivity index (χ0n) is 12.5. The van der Waals surface area contributed by atoms with E-state index in [-0.39, 0.29) is 12.5 Å². The van der Waals surface area contributed by atoms with Crippen molar-refractivity contribution in [3.63, 3.8) is 0 Å². The Hall–Kier alpha value is -2.85. The van der Waals surface area contributed by atoms with E-state index in [9.17, 15) is 9.90 Å². The zero-order valence-corrected chi connectivity index (χ0v) is 12.5. The minimum Gasteiger partial charge on any atom is -0.396 e. The van der Waals surface area contributed by atoms with Gasteiger partial charge < -0.3 is 15.4 Å². The second-order valence-corrected chi connectivity index (χ2v) is 5.65. The van der Waals surface area contributed by atoms with Crippen molar-refractivity contribution in [1.29, 1.82) is 0 Å². The summed E-state index contributed by atoms with van der Waals surface area (Å²) in [5, 5.41) is 13.3. The third-order valence-corrected chi connectivity index (χ3v) is 4.18. The summed E-state index contributed by atoms with van der Waals surface area (Å²) in [6, 6.07) is 13.8. The Morgan fingerprint density at radius 2 is 2.04 bits per heavy atom. The van der Waals surface area contributed by atoms with Gasteiger partial charge in [0.25, 0.3) is 5.91 Å². The Bertz CT molecular complexity index is 937. The monoisotopic (exact) mass is 304 g/mol. The quantitative estimate of drug-likeness (QED) is 0.651. The summed E-state index contributed by atoms with van der Waals surface area (Å²) in [6.45, 7) is 0.0627. The van der Waals surface area contributed by atoms with E-state index in [1.807, 2.05) is 48.7 Å². The van der Waals surface area contributed by atoms with Gasteiger partial charge in [-0.05, 0) is 53.3 Å². The minimum atomic E-state index is -0.0976. The van der Waals surface area contributed by atoms with Crippen molar-refractivity contribution in [3.05, 3.63) is 65.4 Å². The Morgan fingerprint density at radius 3 is 2.91 bits per heavy atom. The average molecular weight is 304 g/mol. The SMILES string of the molecule is O=C1Nc2cccc(CCO)c2/C1=C/c1ccc2[nH]ccc2c1. The fourth-order valence-electron chi connectivity index (χ4n) is 3.12. The molecule has 4 nitrogen and oxygen atoms in total. The summed E-state index contributed by atoms with van der Waals surface area (Å²) in [4.78, 5) is 15.5. The van der Waals surface area contributed by atoms with Crippen molar-refractivity contribution >= 4 is 34.1 Å². The Morgan fingerprint density at radius 1 is 1.13 bits per heavy atom. The van der Waals surface area contributed by atoms with E-state index in [0.717, 1.165) is 33.3 Å². The Kier molecular flexibility index (Phi) is 3.24. The Labute approximate surface area is 133 Å². The molecular formula is C19H16N2O2. The molecule has 1 amide bonds. The number of aromatic amines is 1. The van der Waals surface area contributed by atoms with E-state index < -0.39 is 0 Å². The number of amides is 1. The molecule has 0 bridgehead atoms. The molecule has 1 aromatic heterocycles. The number of aromatic nitrogens is 1. The summed E-state index contributed by atoms with van der Waals surface area (Å²) in [5.41, 5.74) is 5.41. The van der Waals surface area contributed by atoms with Crippen LogP contribution in [-0.2, 0) is 11.2 Å². The number of rotatable bonds is 3. The summed E-state index contributed by atoms with van der Waals surface area (Å²) in [7, 11) is 0. The van der Waals surface area contributed by atoms with Gasteiger partial charge in [0.15, 0.2) is 0 Å². The molecule has 0 saturated carbocycles. The lowest BCUT2D eigenvalue weighted by molar-refractivity contribution is -0.110. The van der Waals surface area contributed by atoms with Gasteiger partial charge in [-0.3, -0.25) is 4.79 Å². The highest BCUT2D eigenvalue weighted by Gasteiger charge is 2.26. The largest absolute Gasteiger partial charge is 0.396 e. The molecule has 23 heavy (non-hydrogen) atoms. The number of carbonyl (C=O) groups is 1. The van der Waals surface area contributed by atoms with Crippen molar-refractivity contribution in [2.45, 2.75) is 6.42 Å². The number of anilines is 1. The van der Waals surface area contributed by atoms with E-state index >= 15 is 0 Å². The number of carbonyl (C=O) groups excluding carboxylic acids is 1. The lowest BCUT2D eigenvalue weighted by Crippen LogP contribution is -2.03. The van der Waals surface area contributed by atoms with Crippen LogP contribution in [0.15, 0.2) is 48.7 Å². The second kappa shape index (κ2) is 5.41. The lowest BCUT2D eigenvalue weighted by atomic mass is 9.96. The fourth-order valence-corrected chi connectivity index (χ4v) is 3.12. The standard InChI is InChI=1S/C19H16N2O2/c22-9-7-13-2-1-3-17-18(13)15(19(23)21-17)11-12-4-5-16-14(10-12)6-8-20-16/h1-6,8,10-11,20,22H,7,9H2,(H,21,23)/b15-11-. The van der Waals surface area contributed by atoms with Crippen LogP contribution >= 0.6 is 0 Å². The average Bonchev–Trinajstić information content (AvgIpc) is 3.13. The highest BCUT2D eigenvalue weighted by atomic mass is 16.3. The number of hydrogen-bond acceptors (Lipinski definition) is 2. The number of fused-ring (bicyclic) bond motifs is 2. The third-order valence-electron chi connectivity index (χ3n) is 4.18. The van der Waals surface area contributed by atoms with Gasteiger partial charge in [0.05, 0.1) is 0 Å². The van der Waals surface area contributed by atoms with E-state index in [1.165, 1.54) is 0 Å². The topological polar surface area (TPSA) is 65.1 Å². The predicted molar refractivity (Wildman–Crippen MR) is 92.0 cm³/mol. The molecule has 0 spiro atoms. The van der Waals surface area contributed by atoms with Crippen LogP contribution in [0.25, 0.3) is 22.6 Å². The first-order chi connectivity index (χ1) is 11.3. The van der Waals surface area contributed by atoms with Gasteiger partial charge in [0.2, 0.25) is 0 Å². The van der Waals surface area contributed by atoms with Crippen LogP contribution in [0, 0.1) is 0 Å². The molecule has 0 unspecified atom stereocenters. The highest BCUT2D eigenvalue weighted by molar-refractivity contribution is 6.35. The van der Waals surface area contributed by atoms with Gasteiger partial charge in [-0.25, -0.2) is 0 Å². The summed E-state index contributed by atoms with van der Waals surface area (Å²) >= 11 is 0. The number of benzene rings is 2. The first-order valence-corrected chi connectivity index (χ1v) is 7.59. The van der Waals surface area contributed by atoms with E-state index in [1.54, 1.807) is 0 Å². The maximum Gasteiger partial charge on any atom is 0.256 e. The molecule has 3 aromatic rings. The number of aliphatic hydroxyl groups is 1. The zero-order chi connectivity index (χ0) is 15.8. The van der Waals surface area contributed by atoms with E-state index in [4.69, 9.17) is 0 Å². The molecule has 1 aliphatic rings. The van der Waals surface area contributed by atoms with Crippen LogP contribution < -0.4 is 5.32 Å². The van der Waals surface area contributed by atoms with Crippen LogP contribution in [0.1, 0.15) is 16.7 Å². The van der Waals surface area contributed by atoms with Crippen LogP contribution in [0.3, 0.4) is 0 Å². The number of nitrogens with one attached hydrogen (secondary N) is 2. The van der Waals surface area contributed by atoms with Crippen molar-refractivity contribution < 1.29 is 9.90 Å². The molecule has 1 aliphatic heterocycles. The molecule has 4 heteroatoms. The number of aliphatic hydroxyl groups excluding tert-OH is 1. The molecule has 2 aromatic carbocycles.